The average Bonchev–Trinajstić information content (AvgIpc) is 2.26. The predicted molar refractivity (Wildman–Crippen MR) is 75.6 cm³/mol. The van der Waals surface area contributed by atoms with Crippen LogP contribution in [0.1, 0.15) is 54.2 Å². The Morgan fingerprint density at radius 2 is 1.84 bits per heavy atom. The Balaban J connectivity index is 2.96. The molecule has 0 N–H and O–H groups in total. The Bertz CT molecular complexity index is 667. The first-order valence-corrected chi connectivity index (χ1v) is 8.11. The van der Waals surface area contributed by atoms with Crippen molar-refractivity contribution >= 4 is 15.6 Å². The van der Waals surface area contributed by atoms with Gasteiger partial charge in [-0.15, -0.1) is 0 Å². The van der Waals surface area contributed by atoms with Gasteiger partial charge in [-0.05, 0) is 55.4 Å². The van der Waals surface area contributed by atoms with Gasteiger partial charge in [0.15, 0.2) is 15.6 Å². The molecule has 0 bridgehead atoms. The minimum Gasteiger partial charge on any atom is -0.295 e. The molecule has 0 spiro atoms. The topological polar surface area (TPSA) is 51.2 Å². The number of sulfone groups is 1. The lowest BCUT2D eigenvalue weighted by atomic mass is 9.77. The number of hydrogen-bond donors (Lipinski definition) is 0. The van der Waals surface area contributed by atoms with E-state index >= 15 is 0 Å². The molecule has 1 aliphatic rings. The van der Waals surface area contributed by atoms with Crippen LogP contribution in [0.25, 0.3) is 0 Å². The van der Waals surface area contributed by atoms with E-state index in [4.69, 9.17) is 0 Å². The monoisotopic (exact) mass is 280 g/mol. The lowest BCUT2D eigenvalue weighted by Gasteiger charge is -2.35. The summed E-state index contributed by atoms with van der Waals surface area (Å²) in [5.41, 5.74) is 2.78. The number of carbonyl (C=O) groups is 1. The van der Waals surface area contributed by atoms with E-state index in [1.54, 1.807) is 13.0 Å². The fraction of sp³-hybridized carbons (Fsp3) is 0.533. The molecule has 0 atom stereocenters. The van der Waals surface area contributed by atoms with Gasteiger partial charge in [-0.3, -0.25) is 4.79 Å². The SMILES string of the molecule is CC(=O)c1cc(C)c2c(c1C)C(C)(C)CCS2(=O)=O. The number of Topliss-reactive ketones (excluding diaryl/α,β-unsaturated/α-hetero) is 1. The van der Waals surface area contributed by atoms with Gasteiger partial charge in [-0.1, -0.05) is 13.8 Å². The molecule has 0 aromatic heterocycles. The summed E-state index contributed by atoms with van der Waals surface area (Å²) in [5.74, 6) is 0.175. The zero-order valence-corrected chi connectivity index (χ0v) is 12.9. The van der Waals surface area contributed by atoms with Crippen LogP contribution >= 0.6 is 0 Å². The maximum Gasteiger partial charge on any atom is 0.178 e. The van der Waals surface area contributed by atoms with Crippen LogP contribution in [0.5, 0.6) is 0 Å². The summed E-state index contributed by atoms with van der Waals surface area (Å²) < 4.78 is 24.7. The van der Waals surface area contributed by atoms with Crippen molar-refractivity contribution in [2.45, 2.75) is 51.3 Å². The fourth-order valence-corrected chi connectivity index (χ4v) is 5.36. The lowest BCUT2D eigenvalue weighted by molar-refractivity contribution is 0.101. The van der Waals surface area contributed by atoms with Crippen molar-refractivity contribution in [1.82, 2.24) is 0 Å². The first kappa shape index (κ1) is 14.3. The Kier molecular flexibility index (Phi) is 3.13. The molecule has 2 rings (SSSR count). The highest BCUT2D eigenvalue weighted by Crippen LogP contribution is 2.42. The second kappa shape index (κ2) is 4.17. The molecule has 104 valence electrons. The van der Waals surface area contributed by atoms with Crippen LogP contribution in [0.3, 0.4) is 0 Å². The van der Waals surface area contributed by atoms with Crippen molar-refractivity contribution in [1.29, 1.82) is 0 Å². The summed E-state index contributed by atoms with van der Waals surface area (Å²) >= 11 is 0. The molecule has 0 saturated carbocycles. The van der Waals surface area contributed by atoms with Crippen molar-refractivity contribution in [3.8, 4) is 0 Å². The molecule has 0 fully saturated rings. The van der Waals surface area contributed by atoms with Crippen molar-refractivity contribution in [3.05, 3.63) is 28.3 Å². The molecule has 0 radical (unpaired) electrons. The van der Waals surface area contributed by atoms with Crippen molar-refractivity contribution in [3.63, 3.8) is 0 Å². The van der Waals surface area contributed by atoms with E-state index in [0.29, 0.717) is 22.4 Å². The van der Waals surface area contributed by atoms with E-state index in [1.807, 2.05) is 6.92 Å². The van der Waals surface area contributed by atoms with Crippen LogP contribution < -0.4 is 0 Å². The summed E-state index contributed by atoms with van der Waals surface area (Å²) in [6, 6.07) is 1.72. The third-order valence-corrected chi connectivity index (χ3v) is 5.98. The molecule has 19 heavy (non-hydrogen) atoms. The van der Waals surface area contributed by atoms with Crippen molar-refractivity contribution in [2.24, 2.45) is 0 Å². The van der Waals surface area contributed by atoms with Gasteiger partial charge in [0.1, 0.15) is 0 Å². The molecule has 1 aliphatic heterocycles. The van der Waals surface area contributed by atoms with Crippen LogP contribution in [0.4, 0.5) is 0 Å². The largest absolute Gasteiger partial charge is 0.295 e. The van der Waals surface area contributed by atoms with Crippen LogP contribution in [-0.4, -0.2) is 20.0 Å². The zero-order chi connectivity index (χ0) is 14.6. The summed E-state index contributed by atoms with van der Waals surface area (Å²) in [6.07, 6.45) is 0.601. The lowest BCUT2D eigenvalue weighted by Crippen LogP contribution is -2.32. The third kappa shape index (κ3) is 2.12. The van der Waals surface area contributed by atoms with Gasteiger partial charge >= 0.3 is 0 Å². The summed E-state index contributed by atoms with van der Waals surface area (Å²) in [7, 11) is -3.22. The van der Waals surface area contributed by atoms with Crippen LogP contribution in [0.2, 0.25) is 0 Å². The van der Waals surface area contributed by atoms with Crippen molar-refractivity contribution < 1.29 is 13.2 Å². The highest BCUT2D eigenvalue weighted by molar-refractivity contribution is 7.91. The molecule has 1 heterocycles. The van der Waals surface area contributed by atoms with Gasteiger partial charge < -0.3 is 0 Å². The Hall–Kier alpha value is -1.16. The number of fused-ring (bicyclic) bond motifs is 1. The fourth-order valence-electron chi connectivity index (χ4n) is 3.09. The predicted octanol–water partition coefficient (Wildman–Crippen LogP) is 2.96. The Labute approximate surface area is 114 Å². The Morgan fingerprint density at radius 3 is 2.37 bits per heavy atom. The minimum atomic E-state index is -3.22. The van der Waals surface area contributed by atoms with Gasteiger partial charge in [0, 0.05) is 5.56 Å². The van der Waals surface area contributed by atoms with Crippen LogP contribution in [-0.2, 0) is 15.3 Å². The van der Waals surface area contributed by atoms with Crippen LogP contribution in [0.15, 0.2) is 11.0 Å². The number of benzene rings is 1. The van der Waals surface area contributed by atoms with E-state index < -0.39 is 9.84 Å². The normalized spacial score (nSPS) is 19.8. The molecule has 0 saturated heterocycles. The zero-order valence-electron chi connectivity index (χ0n) is 12.1. The quantitative estimate of drug-likeness (QED) is 0.743. The molecule has 1 aromatic carbocycles. The molecule has 0 amide bonds. The summed E-state index contributed by atoms with van der Waals surface area (Å²) in [4.78, 5) is 12.2. The van der Waals surface area contributed by atoms with Crippen LogP contribution in [0, 0.1) is 13.8 Å². The molecular weight excluding hydrogens is 260 g/mol. The molecule has 0 unspecified atom stereocenters. The molecular formula is C15H20O3S. The van der Waals surface area contributed by atoms with E-state index in [0.717, 1.165) is 11.1 Å². The first-order valence-electron chi connectivity index (χ1n) is 6.46. The number of aryl methyl sites for hydroxylation is 1. The standard InChI is InChI=1S/C15H20O3S/c1-9-8-12(11(3)16)10(2)13-14(9)19(17,18)7-6-15(13,4)5/h8H,6-7H2,1-5H3. The van der Waals surface area contributed by atoms with Gasteiger partial charge in [-0.2, -0.15) is 0 Å². The molecule has 0 aliphatic carbocycles. The number of hydrogen-bond acceptors (Lipinski definition) is 3. The smallest absolute Gasteiger partial charge is 0.178 e. The highest BCUT2D eigenvalue weighted by Gasteiger charge is 2.38. The minimum absolute atomic E-state index is 0.0119. The van der Waals surface area contributed by atoms with Crippen molar-refractivity contribution in [2.75, 3.05) is 5.75 Å². The van der Waals surface area contributed by atoms with E-state index in [1.165, 1.54) is 6.92 Å². The molecule has 1 aromatic rings. The second-order valence-electron chi connectivity index (χ2n) is 6.08. The number of rotatable bonds is 1. The number of carbonyl (C=O) groups excluding carboxylic acids is 1. The highest BCUT2D eigenvalue weighted by atomic mass is 32.2. The summed E-state index contributed by atoms with van der Waals surface area (Å²) in [5, 5.41) is 0. The molecule has 3 nitrogen and oxygen atoms in total. The third-order valence-electron chi connectivity index (χ3n) is 4.09. The number of ketones is 1. The van der Waals surface area contributed by atoms with Gasteiger partial charge in [0.2, 0.25) is 0 Å². The van der Waals surface area contributed by atoms with E-state index in [-0.39, 0.29) is 17.0 Å². The maximum absolute atomic E-state index is 12.3. The van der Waals surface area contributed by atoms with E-state index in [2.05, 4.69) is 13.8 Å². The maximum atomic E-state index is 12.3. The van der Waals surface area contributed by atoms with E-state index in [9.17, 15) is 13.2 Å². The summed E-state index contributed by atoms with van der Waals surface area (Å²) in [6.45, 7) is 9.27. The van der Waals surface area contributed by atoms with Gasteiger partial charge in [0.25, 0.3) is 0 Å². The molecule has 4 heteroatoms. The first-order chi connectivity index (χ1) is 8.58. The van der Waals surface area contributed by atoms with Gasteiger partial charge in [-0.25, -0.2) is 8.42 Å². The Morgan fingerprint density at radius 1 is 1.26 bits per heavy atom. The van der Waals surface area contributed by atoms with Gasteiger partial charge in [0.05, 0.1) is 10.6 Å². The second-order valence-corrected chi connectivity index (χ2v) is 8.13. The average molecular weight is 280 g/mol.